The first-order valence-corrected chi connectivity index (χ1v) is 8.53. The average molecular weight is 415 g/mol. The molecule has 0 spiro atoms. The summed E-state index contributed by atoms with van der Waals surface area (Å²) in [7, 11) is 1.53. The van der Waals surface area contributed by atoms with E-state index < -0.39 is 4.92 Å². The Hall–Kier alpha value is -3.00. The number of nitrogens with zero attached hydrogens (tertiary/aromatic N) is 3. The van der Waals surface area contributed by atoms with E-state index >= 15 is 0 Å². The first-order chi connectivity index (χ1) is 12.4. The summed E-state index contributed by atoms with van der Waals surface area (Å²) in [6.07, 6.45) is 1.87. The van der Waals surface area contributed by atoms with Crippen molar-refractivity contribution in [2.75, 3.05) is 7.05 Å². The molecule has 1 aliphatic rings. The minimum atomic E-state index is -0.453. The van der Waals surface area contributed by atoms with Gasteiger partial charge in [0.2, 0.25) is 0 Å². The van der Waals surface area contributed by atoms with E-state index in [9.17, 15) is 14.9 Å². The Morgan fingerprint density at radius 3 is 2.54 bits per heavy atom. The fraction of sp³-hybridized carbons (Fsp3) is 0.111. The molecule has 3 rings (SSSR count). The maximum Gasteiger partial charge on any atom is 0.342 e. The number of carbonyl (C=O) groups excluding carboxylic acids is 1. The average Bonchev–Trinajstić information content (AvgIpc) is 2.77. The van der Waals surface area contributed by atoms with Crippen LogP contribution in [0.2, 0.25) is 0 Å². The second-order valence-corrected chi connectivity index (χ2v) is 6.55. The highest BCUT2D eigenvalue weighted by molar-refractivity contribution is 9.10. The fourth-order valence-electron chi connectivity index (χ4n) is 2.64. The summed E-state index contributed by atoms with van der Waals surface area (Å²) in [6, 6.07) is 11.5. The van der Waals surface area contributed by atoms with Crippen molar-refractivity contribution in [1.29, 1.82) is 0 Å². The molecule has 1 heterocycles. The van der Waals surface area contributed by atoms with Gasteiger partial charge < -0.3 is 5.32 Å². The molecule has 0 unspecified atom stereocenters. The second-order valence-electron chi connectivity index (χ2n) is 5.64. The molecule has 1 N–H and O–H groups in total. The van der Waals surface area contributed by atoms with Crippen molar-refractivity contribution in [2.24, 2.45) is 5.10 Å². The van der Waals surface area contributed by atoms with E-state index in [1.165, 1.54) is 24.2 Å². The molecular formula is C18H15BrN4O3. The normalized spacial score (nSPS) is 13.3. The Morgan fingerprint density at radius 2 is 1.92 bits per heavy atom. The number of carbonyl (C=O) groups is 1. The number of benzene rings is 2. The number of nitrogens with one attached hydrogen (secondary N) is 1. The minimum Gasteiger partial charge on any atom is -0.339 e. The number of non-ortho nitro benzene ring substituents is 1. The molecule has 0 saturated carbocycles. The van der Waals surface area contributed by atoms with Crippen LogP contribution in [0.1, 0.15) is 23.6 Å². The van der Waals surface area contributed by atoms with Gasteiger partial charge in [-0.2, -0.15) is 10.1 Å². The van der Waals surface area contributed by atoms with Gasteiger partial charge >= 0.3 is 6.03 Å². The number of urea groups is 1. The highest BCUT2D eigenvalue weighted by Gasteiger charge is 2.22. The molecule has 0 aliphatic carbocycles. The zero-order valence-electron chi connectivity index (χ0n) is 14.1. The second kappa shape index (κ2) is 7.09. The molecule has 26 heavy (non-hydrogen) atoms. The quantitative estimate of drug-likeness (QED) is 0.591. The van der Waals surface area contributed by atoms with Gasteiger partial charge in [0.05, 0.1) is 10.6 Å². The van der Waals surface area contributed by atoms with Gasteiger partial charge in [0.15, 0.2) is 0 Å². The summed E-state index contributed by atoms with van der Waals surface area (Å²) in [5.41, 5.74) is 3.59. The van der Waals surface area contributed by atoms with Crippen molar-refractivity contribution in [3.63, 3.8) is 0 Å². The lowest BCUT2D eigenvalue weighted by Crippen LogP contribution is -2.33. The Kier molecular flexibility index (Phi) is 4.85. The number of amides is 2. The zero-order chi connectivity index (χ0) is 18.8. The third-order valence-corrected chi connectivity index (χ3v) is 4.42. The minimum absolute atomic E-state index is 0.00472. The summed E-state index contributed by atoms with van der Waals surface area (Å²) in [6.45, 7) is 1.79. The van der Waals surface area contributed by atoms with Crippen LogP contribution < -0.4 is 5.32 Å². The van der Waals surface area contributed by atoms with E-state index in [1.807, 2.05) is 24.3 Å². The molecule has 0 bridgehead atoms. The number of hydrogen-bond acceptors (Lipinski definition) is 4. The summed E-state index contributed by atoms with van der Waals surface area (Å²) >= 11 is 3.46. The molecule has 1 aliphatic heterocycles. The van der Waals surface area contributed by atoms with E-state index in [-0.39, 0.29) is 11.7 Å². The van der Waals surface area contributed by atoms with E-state index in [4.69, 9.17) is 0 Å². The number of hydrazone groups is 1. The van der Waals surface area contributed by atoms with Gasteiger partial charge in [-0.3, -0.25) is 10.1 Å². The molecule has 0 radical (unpaired) electrons. The van der Waals surface area contributed by atoms with Gasteiger partial charge in [-0.05, 0) is 42.8 Å². The lowest BCUT2D eigenvalue weighted by molar-refractivity contribution is -0.384. The number of nitro benzene ring substituents is 1. The summed E-state index contributed by atoms with van der Waals surface area (Å²) in [5, 5.41) is 19.3. The first kappa shape index (κ1) is 17.8. The van der Waals surface area contributed by atoms with Crippen molar-refractivity contribution < 1.29 is 9.72 Å². The van der Waals surface area contributed by atoms with Crippen LogP contribution in [-0.4, -0.2) is 28.7 Å². The molecule has 8 heteroatoms. The summed E-state index contributed by atoms with van der Waals surface area (Å²) in [4.78, 5) is 22.7. The van der Waals surface area contributed by atoms with E-state index in [1.54, 1.807) is 19.1 Å². The third-order valence-electron chi connectivity index (χ3n) is 3.93. The molecular weight excluding hydrogens is 400 g/mol. The molecule has 0 saturated heterocycles. The Balaban J connectivity index is 2.21. The van der Waals surface area contributed by atoms with Crippen molar-refractivity contribution in [3.05, 3.63) is 79.4 Å². The largest absolute Gasteiger partial charge is 0.342 e. The van der Waals surface area contributed by atoms with E-state index in [0.29, 0.717) is 17.0 Å². The number of nitro groups is 1. The zero-order valence-corrected chi connectivity index (χ0v) is 15.6. The number of rotatable bonds is 2. The first-order valence-electron chi connectivity index (χ1n) is 7.74. The van der Waals surface area contributed by atoms with Crippen molar-refractivity contribution in [1.82, 2.24) is 10.3 Å². The number of fused-ring (bicyclic) bond motifs is 1. The Morgan fingerprint density at radius 1 is 1.23 bits per heavy atom. The van der Waals surface area contributed by atoms with Crippen molar-refractivity contribution in [2.45, 2.75) is 6.92 Å². The predicted octanol–water partition coefficient (Wildman–Crippen LogP) is 4.13. The molecule has 132 valence electrons. The van der Waals surface area contributed by atoms with Crippen molar-refractivity contribution in [3.8, 4) is 0 Å². The standard InChI is InChI=1S/C18H15BrN4O3/c1-11-9-13-3-6-14(19)10-16(13)17(21-22(11)18(24)20-2)12-4-7-15(8-5-12)23(25)26/h3-10H,1-2H3,(H,20,24). The van der Waals surface area contributed by atoms with Crippen molar-refractivity contribution >= 4 is 39.4 Å². The number of hydrogen-bond donors (Lipinski definition) is 1. The van der Waals surface area contributed by atoms with Crippen LogP contribution in [0.15, 0.2) is 57.7 Å². The highest BCUT2D eigenvalue weighted by atomic mass is 79.9. The molecule has 2 aromatic rings. The van der Waals surface area contributed by atoms with E-state index in [2.05, 4.69) is 26.3 Å². The van der Waals surface area contributed by atoms with Gasteiger partial charge in [-0.25, -0.2) is 4.79 Å². The molecule has 0 aromatic heterocycles. The van der Waals surface area contributed by atoms with Gasteiger partial charge in [0.25, 0.3) is 5.69 Å². The Labute approximate surface area is 158 Å². The van der Waals surface area contributed by atoms with Gasteiger partial charge in [-0.15, -0.1) is 0 Å². The third kappa shape index (κ3) is 3.36. The van der Waals surface area contributed by atoms with E-state index in [0.717, 1.165) is 15.6 Å². The molecule has 7 nitrogen and oxygen atoms in total. The monoisotopic (exact) mass is 414 g/mol. The van der Waals surface area contributed by atoms with Crippen LogP contribution in [0.25, 0.3) is 6.08 Å². The topological polar surface area (TPSA) is 87.8 Å². The van der Waals surface area contributed by atoms with Crippen LogP contribution in [-0.2, 0) is 0 Å². The molecule has 2 aromatic carbocycles. The molecule has 0 atom stereocenters. The lowest BCUT2D eigenvalue weighted by atomic mass is 9.97. The molecule has 2 amide bonds. The smallest absolute Gasteiger partial charge is 0.339 e. The lowest BCUT2D eigenvalue weighted by Gasteiger charge is -2.17. The van der Waals surface area contributed by atoms with Crippen LogP contribution in [0, 0.1) is 10.1 Å². The fourth-order valence-corrected chi connectivity index (χ4v) is 3.01. The summed E-state index contributed by atoms with van der Waals surface area (Å²) < 4.78 is 0.866. The maximum absolute atomic E-state index is 12.2. The number of halogens is 1. The maximum atomic E-state index is 12.2. The van der Waals surface area contributed by atoms with Crippen LogP contribution in [0.3, 0.4) is 0 Å². The van der Waals surface area contributed by atoms with Crippen LogP contribution >= 0.6 is 15.9 Å². The van der Waals surface area contributed by atoms with Gasteiger partial charge in [-0.1, -0.05) is 22.0 Å². The summed E-state index contributed by atoms with van der Waals surface area (Å²) in [5.74, 6) is 0. The van der Waals surface area contributed by atoms with Crippen LogP contribution in [0.5, 0.6) is 0 Å². The van der Waals surface area contributed by atoms with Gasteiger partial charge in [0.1, 0.15) is 0 Å². The van der Waals surface area contributed by atoms with Gasteiger partial charge in [0, 0.05) is 40.5 Å². The Bertz CT molecular complexity index is 951. The SMILES string of the molecule is CNC(=O)N1N=C(c2ccc([N+](=O)[O-])cc2)c2cc(Br)ccc2C=C1C. The predicted molar refractivity (Wildman–Crippen MR) is 103 cm³/mol. The molecule has 0 fully saturated rings. The highest BCUT2D eigenvalue weighted by Crippen LogP contribution is 2.27. The number of allylic oxidation sites excluding steroid dienone is 1. The van der Waals surface area contributed by atoms with Crippen LogP contribution in [0.4, 0.5) is 10.5 Å².